The molecule has 1 unspecified atom stereocenters. The van der Waals surface area contributed by atoms with Crippen LogP contribution in [0.4, 0.5) is 0 Å². The number of carbonyl (C=O) groups is 1. The summed E-state index contributed by atoms with van der Waals surface area (Å²) in [4.78, 5) is 26.9. The molecule has 214 valence electrons. The molecule has 1 amide bonds. The van der Waals surface area contributed by atoms with Gasteiger partial charge < -0.3 is 9.64 Å². The fourth-order valence-electron chi connectivity index (χ4n) is 6.14. The molecule has 0 bridgehead atoms. The van der Waals surface area contributed by atoms with Crippen LogP contribution in [-0.2, 0) is 9.84 Å². The number of thiazole rings is 1. The van der Waals surface area contributed by atoms with Crippen molar-refractivity contribution in [3.8, 4) is 5.19 Å². The summed E-state index contributed by atoms with van der Waals surface area (Å²) >= 11 is 1.47. The summed E-state index contributed by atoms with van der Waals surface area (Å²) in [6.45, 7) is 9.61. The van der Waals surface area contributed by atoms with Gasteiger partial charge in [0.25, 0.3) is 11.1 Å². The predicted molar refractivity (Wildman–Crippen MR) is 157 cm³/mol. The minimum absolute atomic E-state index is 0.0452. The van der Waals surface area contributed by atoms with E-state index in [9.17, 15) is 13.2 Å². The third-order valence-corrected chi connectivity index (χ3v) is 10.5. The Balaban J connectivity index is 1.24. The molecule has 1 atom stereocenters. The van der Waals surface area contributed by atoms with Crippen molar-refractivity contribution in [2.75, 3.05) is 32.4 Å². The summed E-state index contributed by atoms with van der Waals surface area (Å²) in [6.07, 6.45) is 8.34. The Labute approximate surface area is 241 Å². The largest absolute Gasteiger partial charge is 0.462 e. The number of nitrogens with zero attached hydrogens (tertiary/aromatic N) is 4. The molecule has 2 aliphatic rings. The van der Waals surface area contributed by atoms with Crippen LogP contribution < -0.4 is 4.74 Å². The van der Waals surface area contributed by atoms with E-state index >= 15 is 0 Å². The van der Waals surface area contributed by atoms with E-state index in [2.05, 4.69) is 21.8 Å². The number of rotatable bonds is 7. The van der Waals surface area contributed by atoms with E-state index in [1.165, 1.54) is 17.6 Å². The minimum Gasteiger partial charge on any atom is -0.462 e. The van der Waals surface area contributed by atoms with Gasteiger partial charge in [0, 0.05) is 48.6 Å². The van der Waals surface area contributed by atoms with Crippen molar-refractivity contribution < 1.29 is 17.9 Å². The number of ether oxygens (including phenoxy) is 1. The molecule has 0 aliphatic carbocycles. The van der Waals surface area contributed by atoms with Gasteiger partial charge in [0.15, 0.2) is 9.84 Å². The number of pyridine rings is 1. The van der Waals surface area contributed by atoms with Crippen LogP contribution in [0.1, 0.15) is 65.9 Å². The van der Waals surface area contributed by atoms with Gasteiger partial charge >= 0.3 is 0 Å². The van der Waals surface area contributed by atoms with Gasteiger partial charge in [-0.05, 0) is 88.9 Å². The summed E-state index contributed by atoms with van der Waals surface area (Å²) in [5.74, 6) is 0.374. The van der Waals surface area contributed by atoms with Crippen molar-refractivity contribution in [1.29, 1.82) is 0 Å². The zero-order chi connectivity index (χ0) is 28.5. The maximum Gasteiger partial charge on any atom is 0.273 e. The van der Waals surface area contributed by atoms with E-state index in [1.807, 2.05) is 42.3 Å². The maximum atomic E-state index is 13.3. The highest BCUT2D eigenvalue weighted by atomic mass is 32.2. The van der Waals surface area contributed by atoms with Gasteiger partial charge in [0.1, 0.15) is 6.10 Å². The molecular weight excluding hydrogens is 544 g/mol. The van der Waals surface area contributed by atoms with Crippen molar-refractivity contribution in [1.82, 2.24) is 19.8 Å². The van der Waals surface area contributed by atoms with Crippen molar-refractivity contribution >= 4 is 27.1 Å². The molecule has 2 saturated heterocycles. The van der Waals surface area contributed by atoms with Crippen LogP contribution in [0.25, 0.3) is 0 Å². The Kier molecular flexibility index (Phi) is 8.31. The summed E-state index contributed by atoms with van der Waals surface area (Å²) in [7, 11) is -3.26. The Bertz CT molecular complexity index is 1400. The Morgan fingerprint density at radius 1 is 1.02 bits per heavy atom. The van der Waals surface area contributed by atoms with Crippen LogP contribution in [0.5, 0.6) is 5.19 Å². The van der Waals surface area contributed by atoms with Crippen LogP contribution in [0.3, 0.4) is 0 Å². The zero-order valence-corrected chi connectivity index (χ0v) is 25.3. The SMILES string of the molecule is Cc1ccnc(C)c1C(=O)N1CCC(C)(N2CCC(C(Oc3nccs3)c3ccc(S(C)(=O)=O)cc3)CC2)CC1. The average molecular weight is 583 g/mol. The van der Waals surface area contributed by atoms with Crippen LogP contribution in [0, 0.1) is 19.8 Å². The highest BCUT2D eigenvalue weighted by Crippen LogP contribution is 2.39. The van der Waals surface area contributed by atoms with E-state index < -0.39 is 9.84 Å². The maximum absolute atomic E-state index is 13.3. The molecule has 0 spiro atoms. The Morgan fingerprint density at radius 2 is 1.70 bits per heavy atom. The summed E-state index contributed by atoms with van der Waals surface area (Å²) in [5.41, 5.74) is 3.53. The lowest BCUT2D eigenvalue weighted by atomic mass is 9.82. The average Bonchev–Trinajstić information content (AvgIpc) is 3.45. The lowest BCUT2D eigenvalue weighted by molar-refractivity contribution is -0.00555. The fourth-order valence-corrected chi connectivity index (χ4v) is 7.29. The van der Waals surface area contributed by atoms with Crippen molar-refractivity contribution in [3.05, 3.63) is 70.5 Å². The van der Waals surface area contributed by atoms with E-state index in [1.54, 1.807) is 24.5 Å². The topological polar surface area (TPSA) is 92.7 Å². The molecular formula is C30H38N4O4S2. The molecule has 10 heteroatoms. The molecule has 2 fully saturated rings. The number of piperidine rings is 2. The number of aryl methyl sites for hydroxylation is 2. The molecule has 5 rings (SSSR count). The van der Waals surface area contributed by atoms with E-state index in [4.69, 9.17) is 4.74 Å². The van der Waals surface area contributed by atoms with Gasteiger partial charge in [-0.2, -0.15) is 0 Å². The molecule has 2 aliphatic heterocycles. The van der Waals surface area contributed by atoms with Crippen LogP contribution in [0.15, 0.2) is 53.0 Å². The summed E-state index contributed by atoms with van der Waals surface area (Å²) < 4.78 is 30.4. The molecule has 1 aromatic carbocycles. The standard InChI is InChI=1S/C30H38N4O4S2/c1-21-9-14-31-22(2)26(21)28(35)33-18-12-30(3,13-19-33)34-16-10-24(11-17-34)27(38-29-32-15-20-39-29)23-5-7-25(8-6-23)40(4,36)37/h5-9,14-15,20,24,27H,10-13,16-19H2,1-4H3. The van der Waals surface area contributed by atoms with Crippen molar-refractivity contribution in [2.24, 2.45) is 5.92 Å². The van der Waals surface area contributed by atoms with Crippen LogP contribution in [-0.4, -0.2) is 72.1 Å². The molecule has 4 heterocycles. The zero-order valence-electron chi connectivity index (χ0n) is 23.7. The van der Waals surface area contributed by atoms with Crippen molar-refractivity contribution in [3.63, 3.8) is 0 Å². The number of hydrogen-bond donors (Lipinski definition) is 0. The van der Waals surface area contributed by atoms with Crippen LogP contribution in [0.2, 0.25) is 0 Å². The molecule has 2 aromatic heterocycles. The highest BCUT2D eigenvalue weighted by Gasteiger charge is 2.40. The summed E-state index contributed by atoms with van der Waals surface area (Å²) in [5, 5.41) is 2.53. The normalized spacial score (nSPS) is 19.4. The molecule has 0 radical (unpaired) electrons. The first-order chi connectivity index (χ1) is 19.0. The third kappa shape index (κ3) is 6.09. The first-order valence-corrected chi connectivity index (χ1v) is 16.6. The van der Waals surface area contributed by atoms with E-state index in [0.29, 0.717) is 10.1 Å². The fraction of sp³-hybridized carbons (Fsp3) is 0.500. The number of benzene rings is 1. The van der Waals surface area contributed by atoms with Gasteiger partial charge in [0.2, 0.25) is 0 Å². The van der Waals surface area contributed by atoms with Gasteiger partial charge in [-0.25, -0.2) is 13.4 Å². The summed E-state index contributed by atoms with van der Waals surface area (Å²) in [6, 6.07) is 9.00. The number of carbonyl (C=O) groups excluding carboxylic acids is 1. The molecule has 40 heavy (non-hydrogen) atoms. The second-order valence-electron chi connectivity index (χ2n) is 11.4. The first-order valence-electron chi connectivity index (χ1n) is 13.9. The number of hydrogen-bond acceptors (Lipinski definition) is 8. The lowest BCUT2D eigenvalue weighted by Gasteiger charge is -2.49. The molecule has 3 aromatic rings. The molecule has 0 saturated carbocycles. The van der Waals surface area contributed by atoms with Crippen molar-refractivity contribution in [2.45, 2.75) is 63.0 Å². The molecule has 8 nitrogen and oxygen atoms in total. The number of amides is 1. The second kappa shape index (κ2) is 11.6. The van der Waals surface area contributed by atoms with E-state index in [-0.39, 0.29) is 23.5 Å². The number of sulfone groups is 1. The minimum atomic E-state index is -3.26. The monoisotopic (exact) mass is 582 g/mol. The second-order valence-corrected chi connectivity index (χ2v) is 14.3. The third-order valence-electron chi connectivity index (χ3n) is 8.70. The van der Waals surface area contributed by atoms with Gasteiger partial charge in [-0.3, -0.25) is 14.7 Å². The smallest absolute Gasteiger partial charge is 0.273 e. The van der Waals surface area contributed by atoms with Gasteiger partial charge in [-0.1, -0.05) is 23.5 Å². The quantitative estimate of drug-likeness (QED) is 0.383. The Morgan fingerprint density at radius 3 is 2.27 bits per heavy atom. The Hall–Kier alpha value is -2.82. The van der Waals surface area contributed by atoms with Gasteiger partial charge in [-0.15, -0.1) is 0 Å². The predicted octanol–water partition coefficient (Wildman–Crippen LogP) is 5.09. The van der Waals surface area contributed by atoms with Gasteiger partial charge in [0.05, 0.1) is 16.2 Å². The number of aromatic nitrogens is 2. The number of likely N-dealkylation sites (tertiary alicyclic amines) is 2. The first kappa shape index (κ1) is 28.7. The molecule has 0 N–H and O–H groups in total. The van der Waals surface area contributed by atoms with E-state index in [0.717, 1.165) is 74.2 Å². The highest BCUT2D eigenvalue weighted by molar-refractivity contribution is 7.90. The van der Waals surface area contributed by atoms with Crippen LogP contribution >= 0.6 is 11.3 Å². The lowest BCUT2D eigenvalue weighted by Crippen LogP contribution is -2.56.